The first-order chi connectivity index (χ1) is 9.56. The third-order valence-corrected chi connectivity index (χ3v) is 4.32. The molecule has 3 unspecified atom stereocenters. The number of carbonyl (C=O) groups excluding carboxylic acids is 1. The van der Waals surface area contributed by atoms with Crippen molar-refractivity contribution in [1.29, 1.82) is 0 Å². The number of nitrogens with one attached hydrogen (secondary N) is 1. The maximum absolute atomic E-state index is 13.4. The zero-order valence-electron chi connectivity index (χ0n) is 12.0. The minimum absolute atomic E-state index is 0.118. The number of nitrogens with zero attached hydrogens (tertiary/aromatic N) is 1. The highest BCUT2D eigenvalue weighted by Gasteiger charge is 2.41. The number of hydrogen-bond donors (Lipinski definition) is 1. The first-order valence-electron chi connectivity index (χ1n) is 7.40. The van der Waals surface area contributed by atoms with E-state index in [2.05, 4.69) is 12.2 Å². The zero-order valence-corrected chi connectivity index (χ0v) is 12.0. The van der Waals surface area contributed by atoms with Crippen molar-refractivity contribution in [3.8, 4) is 0 Å². The van der Waals surface area contributed by atoms with Crippen molar-refractivity contribution >= 4 is 5.91 Å². The number of benzene rings is 1. The van der Waals surface area contributed by atoms with Crippen LogP contribution in [0.2, 0.25) is 0 Å². The van der Waals surface area contributed by atoms with Gasteiger partial charge in [0.2, 0.25) is 5.91 Å². The maximum atomic E-state index is 13.4. The number of hydrogen-bond acceptors (Lipinski definition) is 2. The normalized spacial score (nSPS) is 27.9. The van der Waals surface area contributed by atoms with Gasteiger partial charge in [-0.15, -0.1) is 0 Å². The molecule has 3 nitrogen and oxygen atoms in total. The molecule has 108 valence electrons. The second-order valence-electron chi connectivity index (χ2n) is 6.12. The molecule has 2 aliphatic rings. The van der Waals surface area contributed by atoms with E-state index in [-0.39, 0.29) is 30.0 Å². The summed E-state index contributed by atoms with van der Waals surface area (Å²) in [5.41, 5.74) is 0.824. The summed E-state index contributed by atoms with van der Waals surface area (Å²) in [5.74, 6) is 0.625. The van der Waals surface area contributed by atoms with Gasteiger partial charge in [0.1, 0.15) is 12.0 Å². The summed E-state index contributed by atoms with van der Waals surface area (Å²) in [6.07, 6.45) is 3.40. The van der Waals surface area contributed by atoms with Crippen LogP contribution in [0.25, 0.3) is 0 Å². The van der Waals surface area contributed by atoms with Crippen molar-refractivity contribution in [1.82, 2.24) is 10.2 Å². The van der Waals surface area contributed by atoms with Crippen LogP contribution in [-0.2, 0) is 4.79 Å². The highest BCUT2D eigenvalue weighted by atomic mass is 19.1. The molecule has 1 aromatic carbocycles. The van der Waals surface area contributed by atoms with Gasteiger partial charge in [-0.05, 0) is 43.9 Å². The Morgan fingerprint density at radius 2 is 2.20 bits per heavy atom. The van der Waals surface area contributed by atoms with E-state index < -0.39 is 0 Å². The summed E-state index contributed by atoms with van der Waals surface area (Å²) < 4.78 is 13.4. The number of rotatable bonds is 4. The van der Waals surface area contributed by atoms with Crippen LogP contribution >= 0.6 is 0 Å². The van der Waals surface area contributed by atoms with E-state index >= 15 is 0 Å². The van der Waals surface area contributed by atoms with Crippen LogP contribution in [0.4, 0.5) is 4.39 Å². The largest absolute Gasteiger partial charge is 0.319 e. The van der Waals surface area contributed by atoms with E-state index in [1.807, 2.05) is 17.9 Å². The van der Waals surface area contributed by atoms with Crippen molar-refractivity contribution in [3.63, 3.8) is 0 Å². The molecule has 20 heavy (non-hydrogen) atoms. The van der Waals surface area contributed by atoms with Crippen molar-refractivity contribution < 1.29 is 9.18 Å². The van der Waals surface area contributed by atoms with Gasteiger partial charge in [0.05, 0.1) is 6.04 Å². The lowest BCUT2D eigenvalue weighted by Gasteiger charge is -2.31. The summed E-state index contributed by atoms with van der Waals surface area (Å²) in [6.45, 7) is 3.97. The Morgan fingerprint density at radius 1 is 1.45 bits per heavy atom. The number of carbonyl (C=O) groups is 1. The summed E-state index contributed by atoms with van der Waals surface area (Å²) >= 11 is 0. The Bertz CT molecular complexity index is 515. The van der Waals surface area contributed by atoms with Crippen LogP contribution in [0, 0.1) is 11.7 Å². The molecule has 1 aliphatic heterocycles. The molecule has 0 spiro atoms. The van der Waals surface area contributed by atoms with Gasteiger partial charge in [-0.25, -0.2) is 4.39 Å². The van der Waals surface area contributed by atoms with Gasteiger partial charge in [0.25, 0.3) is 0 Å². The van der Waals surface area contributed by atoms with Crippen molar-refractivity contribution in [2.45, 2.75) is 51.4 Å². The van der Waals surface area contributed by atoms with Crippen LogP contribution < -0.4 is 5.32 Å². The third-order valence-electron chi connectivity index (χ3n) is 4.32. The standard InChI is InChI=1S/C16H21FN2O/c1-10(8-12-6-7-12)19-15(18-11(2)16(19)20)13-4-3-5-14(17)9-13/h3-5,9-12,15,18H,6-8H2,1-2H3. The van der Waals surface area contributed by atoms with E-state index in [9.17, 15) is 9.18 Å². The summed E-state index contributed by atoms with van der Waals surface area (Å²) in [7, 11) is 0. The molecule has 1 aliphatic carbocycles. The highest BCUT2D eigenvalue weighted by molar-refractivity contribution is 5.84. The van der Waals surface area contributed by atoms with Gasteiger partial charge in [0, 0.05) is 6.04 Å². The van der Waals surface area contributed by atoms with Crippen molar-refractivity contribution in [3.05, 3.63) is 35.6 Å². The van der Waals surface area contributed by atoms with Gasteiger partial charge in [0.15, 0.2) is 0 Å². The molecular formula is C16H21FN2O. The SMILES string of the molecule is CC1NC(c2cccc(F)c2)N(C(C)CC2CC2)C1=O. The molecule has 0 aromatic heterocycles. The lowest BCUT2D eigenvalue weighted by molar-refractivity contribution is -0.132. The first-order valence-corrected chi connectivity index (χ1v) is 7.40. The topological polar surface area (TPSA) is 32.3 Å². The molecule has 1 amide bonds. The van der Waals surface area contributed by atoms with Crippen LogP contribution in [0.1, 0.15) is 44.8 Å². The molecular weight excluding hydrogens is 255 g/mol. The monoisotopic (exact) mass is 276 g/mol. The molecule has 0 radical (unpaired) electrons. The smallest absolute Gasteiger partial charge is 0.241 e. The maximum Gasteiger partial charge on any atom is 0.241 e. The average molecular weight is 276 g/mol. The molecule has 3 atom stereocenters. The van der Waals surface area contributed by atoms with Crippen molar-refractivity contribution in [2.24, 2.45) is 5.92 Å². The molecule has 1 aromatic rings. The van der Waals surface area contributed by atoms with Crippen LogP contribution in [0.15, 0.2) is 24.3 Å². The Hall–Kier alpha value is -1.42. The molecule has 1 N–H and O–H groups in total. The Labute approximate surface area is 119 Å². The molecule has 1 saturated carbocycles. The molecule has 4 heteroatoms. The molecule has 2 fully saturated rings. The van der Waals surface area contributed by atoms with Gasteiger partial charge in [-0.2, -0.15) is 0 Å². The minimum atomic E-state index is -0.258. The van der Waals surface area contributed by atoms with E-state index in [1.165, 1.54) is 25.0 Å². The summed E-state index contributed by atoms with van der Waals surface area (Å²) in [6, 6.07) is 6.51. The fourth-order valence-electron chi connectivity index (χ4n) is 3.09. The Balaban J connectivity index is 1.85. The van der Waals surface area contributed by atoms with Gasteiger partial charge < -0.3 is 4.90 Å². The van der Waals surface area contributed by atoms with E-state index in [0.717, 1.165) is 17.9 Å². The summed E-state index contributed by atoms with van der Waals surface area (Å²) in [5, 5.41) is 3.28. The number of amides is 1. The molecule has 1 heterocycles. The Kier molecular flexibility index (Phi) is 3.50. The molecule has 3 rings (SSSR count). The Morgan fingerprint density at radius 3 is 2.85 bits per heavy atom. The molecule has 0 bridgehead atoms. The second kappa shape index (κ2) is 5.17. The molecule has 1 saturated heterocycles. The van der Waals surface area contributed by atoms with Crippen LogP contribution in [0.5, 0.6) is 0 Å². The van der Waals surface area contributed by atoms with E-state index in [0.29, 0.717) is 0 Å². The second-order valence-corrected chi connectivity index (χ2v) is 6.12. The average Bonchev–Trinajstić information content (AvgIpc) is 3.16. The van der Waals surface area contributed by atoms with Crippen molar-refractivity contribution in [2.75, 3.05) is 0 Å². The quantitative estimate of drug-likeness (QED) is 0.917. The predicted molar refractivity (Wildman–Crippen MR) is 75.4 cm³/mol. The van der Waals surface area contributed by atoms with E-state index in [1.54, 1.807) is 6.07 Å². The van der Waals surface area contributed by atoms with E-state index in [4.69, 9.17) is 0 Å². The third kappa shape index (κ3) is 2.57. The lowest BCUT2D eigenvalue weighted by atomic mass is 10.1. The van der Waals surface area contributed by atoms with Gasteiger partial charge in [-0.1, -0.05) is 25.0 Å². The van der Waals surface area contributed by atoms with Gasteiger partial charge in [-0.3, -0.25) is 10.1 Å². The number of halogens is 1. The minimum Gasteiger partial charge on any atom is -0.319 e. The lowest BCUT2D eigenvalue weighted by Crippen LogP contribution is -2.38. The van der Waals surface area contributed by atoms with Crippen LogP contribution in [-0.4, -0.2) is 22.9 Å². The highest BCUT2D eigenvalue weighted by Crippen LogP contribution is 2.37. The first kappa shape index (κ1) is 13.6. The fourth-order valence-corrected chi connectivity index (χ4v) is 3.09. The van der Waals surface area contributed by atoms with Crippen LogP contribution in [0.3, 0.4) is 0 Å². The summed E-state index contributed by atoms with van der Waals surface area (Å²) in [4.78, 5) is 14.3. The zero-order chi connectivity index (χ0) is 14.3. The predicted octanol–water partition coefficient (Wildman–Crippen LogP) is 2.83. The fraction of sp³-hybridized carbons (Fsp3) is 0.562. The van der Waals surface area contributed by atoms with Gasteiger partial charge >= 0.3 is 0 Å².